The molecule has 1 aliphatic heterocycles. The summed E-state index contributed by atoms with van der Waals surface area (Å²) < 4.78 is 4.77. The second-order valence-electron chi connectivity index (χ2n) is 3.25. The highest BCUT2D eigenvalue weighted by atomic mass is 35.5. The molecule has 1 atom stereocenters. The van der Waals surface area contributed by atoms with Crippen molar-refractivity contribution in [2.24, 2.45) is 0 Å². The zero-order valence-corrected chi connectivity index (χ0v) is 8.40. The van der Waals surface area contributed by atoms with E-state index < -0.39 is 17.9 Å². The Morgan fingerprint density at radius 2 is 2.33 bits per heavy atom. The van der Waals surface area contributed by atoms with E-state index in [4.69, 9.17) is 21.1 Å². The molecule has 6 heteroatoms. The van der Waals surface area contributed by atoms with Crippen molar-refractivity contribution in [3.05, 3.63) is 23.1 Å². The standard InChI is InChI=1S/C9H8ClNO4/c10-7-5(2-4-15-7)8(12)11-3-1-6(11)9(13)14/h2,4,6H,1,3H2,(H,13,14). The van der Waals surface area contributed by atoms with Gasteiger partial charge in [-0.05, 0) is 24.1 Å². The molecule has 0 aromatic carbocycles. The van der Waals surface area contributed by atoms with Gasteiger partial charge in [-0.2, -0.15) is 0 Å². The molecule has 80 valence electrons. The first kappa shape index (κ1) is 10.0. The second-order valence-corrected chi connectivity index (χ2v) is 3.59. The Bertz CT molecular complexity index is 414. The lowest BCUT2D eigenvalue weighted by molar-refractivity contribution is -0.146. The molecule has 1 amide bonds. The maximum Gasteiger partial charge on any atom is 0.326 e. The van der Waals surface area contributed by atoms with Gasteiger partial charge in [-0.25, -0.2) is 4.79 Å². The van der Waals surface area contributed by atoms with Crippen LogP contribution in [0.3, 0.4) is 0 Å². The number of carboxylic acid groups (broad SMARTS) is 1. The van der Waals surface area contributed by atoms with E-state index in [2.05, 4.69) is 0 Å². The lowest BCUT2D eigenvalue weighted by Crippen LogP contribution is -2.55. The van der Waals surface area contributed by atoms with Crippen LogP contribution < -0.4 is 0 Å². The highest BCUT2D eigenvalue weighted by Crippen LogP contribution is 2.25. The van der Waals surface area contributed by atoms with Crippen molar-refractivity contribution in [3.8, 4) is 0 Å². The number of hydrogen-bond acceptors (Lipinski definition) is 3. The Morgan fingerprint density at radius 3 is 2.73 bits per heavy atom. The fraction of sp³-hybridized carbons (Fsp3) is 0.333. The van der Waals surface area contributed by atoms with Gasteiger partial charge < -0.3 is 14.4 Å². The number of likely N-dealkylation sites (tertiary alicyclic amines) is 1. The molecule has 0 radical (unpaired) electrons. The molecule has 2 heterocycles. The van der Waals surface area contributed by atoms with E-state index in [1.165, 1.54) is 17.2 Å². The van der Waals surface area contributed by atoms with Crippen LogP contribution in [0.1, 0.15) is 16.8 Å². The predicted octanol–water partition coefficient (Wildman–Crippen LogP) is 1.23. The number of hydrogen-bond donors (Lipinski definition) is 1. The Hall–Kier alpha value is -1.49. The summed E-state index contributed by atoms with van der Waals surface area (Å²) in [5, 5.41) is 8.77. The molecule has 1 aliphatic rings. The molecule has 0 spiro atoms. The number of carbonyl (C=O) groups is 2. The summed E-state index contributed by atoms with van der Waals surface area (Å²) in [6.45, 7) is 0.442. The first-order chi connectivity index (χ1) is 7.11. The SMILES string of the molecule is O=C(O)C1CCN1C(=O)c1ccoc1Cl. The fourth-order valence-electron chi connectivity index (χ4n) is 1.49. The van der Waals surface area contributed by atoms with E-state index in [9.17, 15) is 9.59 Å². The lowest BCUT2D eigenvalue weighted by Gasteiger charge is -2.37. The van der Waals surface area contributed by atoms with Crippen molar-refractivity contribution in [1.82, 2.24) is 4.90 Å². The van der Waals surface area contributed by atoms with Crippen LogP contribution in [0.2, 0.25) is 5.22 Å². The third kappa shape index (κ3) is 1.59. The fourth-order valence-corrected chi connectivity index (χ4v) is 1.68. The minimum atomic E-state index is -0.991. The number of nitrogens with zero attached hydrogens (tertiary/aromatic N) is 1. The van der Waals surface area contributed by atoms with Crippen molar-refractivity contribution in [2.75, 3.05) is 6.54 Å². The Balaban J connectivity index is 2.16. The summed E-state index contributed by atoms with van der Waals surface area (Å²) in [4.78, 5) is 23.7. The van der Waals surface area contributed by atoms with Crippen molar-refractivity contribution < 1.29 is 19.1 Å². The summed E-state index contributed by atoms with van der Waals surface area (Å²) in [5.74, 6) is -1.39. The van der Waals surface area contributed by atoms with Gasteiger partial charge in [0.2, 0.25) is 5.22 Å². The highest BCUT2D eigenvalue weighted by Gasteiger charge is 2.38. The second kappa shape index (κ2) is 3.58. The Morgan fingerprint density at radius 1 is 1.60 bits per heavy atom. The summed E-state index contributed by atoms with van der Waals surface area (Å²) in [7, 11) is 0. The first-order valence-electron chi connectivity index (χ1n) is 4.38. The molecular formula is C9H8ClNO4. The molecule has 15 heavy (non-hydrogen) atoms. The average molecular weight is 230 g/mol. The number of halogens is 1. The van der Waals surface area contributed by atoms with Gasteiger partial charge in [0, 0.05) is 6.54 Å². The zero-order valence-electron chi connectivity index (χ0n) is 7.64. The maximum absolute atomic E-state index is 11.7. The van der Waals surface area contributed by atoms with Gasteiger partial charge in [-0.1, -0.05) is 0 Å². The number of furan rings is 1. The van der Waals surface area contributed by atoms with Crippen LogP contribution >= 0.6 is 11.6 Å². The summed E-state index contributed by atoms with van der Waals surface area (Å²) in [5.41, 5.74) is 0.211. The van der Waals surface area contributed by atoms with Crippen LogP contribution in [0.5, 0.6) is 0 Å². The minimum absolute atomic E-state index is 0.00367. The maximum atomic E-state index is 11.7. The number of aliphatic carboxylic acids is 1. The van der Waals surface area contributed by atoms with Crippen LogP contribution in [0.15, 0.2) is 16.7 Å². The summed E-state index contributed by atoms with van der Waals surface area (Å²) in [6, 6.07) is 0.700. The quantitative estimate of drug-likeness (QED) is 0.828. The van der Waals surface area contributed by atoms with Gasteiger partial charge in [-0.3, -0.25) is 4.79 Å². The van der Waals surface area contributed by atoms with E-state index in [1.54, 1.807) is 0 Å². The first-order valence-corrected chi connectivity index (χ1v) is 4.76. The zero-order chi connectivity index (χ0) is 11.0. The molecule has 1 N–H and O–H groups in total. The monoisotopic (exact) mass is 229 g/mol. The smallest absolute Gasteiger partial charge is 0.326 e. The molecule has 1 unspecified atom stereocenters. The minimum Gasteiger partial charge on any atom is -0.480 e. The molecule has 1 aromatic heterocycles. The molecule has 0 saturated carbocycles. The number of amides is 1. The van der Waals surface area contributed by atoms with E-state index in [1.807, 2.05) is 0 Å². The van der Waals surface area contributed by atoms with Crippen molar-refractivity contribution in [3.63, 3.8) is 0 Å². The molecule has 0 aliphatic carbocycles. The third-order valence-corrected chi connectivity index (χ3v) is 2.71. The van der Waals surface area contributed by atoms with Crippen LogP contribution in [-0.2, 0) is 4.79 Å². The van der Waals surface area contributed by atoms with Crippen molar-refractivity contribution in [2.45, 2.75) is 12.5 Å². The van der Waals surface area contributed by atoms with Crippen molar-refractivity contribution in [1.29, 1.82) is 0 Å². The van der Waals surface area contributed by atoms with Crippen LogP contribution in [0.25, 0.3) is 0 Å². The van der Waals surface area contributed by atoms with Gasteiger partial charge in [0.1, 0.15) is 6.04 Å². The van der Waals surface area contributed by atoms with Crippen LogP contribution in [0.4, 0.5) is 0 Å². The highest BCUT2D eigenvalue weighted by molar-refractivity contribution is 6.32. The number of carbonyl (C=O) groups excluding carboxylic acids is 1. The molecule has 0 bridgehead atoms. The molecular weight excluding hydrogens is 222 g/mol. The Labute approximate surface area is 90.2 Å². The number of carboxylic acids is 1. The molecule has 2 rings (SSSR count). The van der Waals surface area contributed by atoms with E-state index in [0.29, 0.717) is 13.0 Å². The van der Waals surface area contributed by atoms with Gasteiger partial charge in [-0.15, -0.1) is 0 Å². The Kier molecular flexibility index (Phi) is 2.40. The molecule has 5 nitrogen and oxygen atoms in total. The van der Waals surface area contributed by atoms with Gasteiger partial charge in [0.25, 0.3) is 5.91 Å². The summed E-state index contributed by atoms with van der Waals surface area (Å²) >= 11 is 5.63. The number of rotatable bonds is 2. The lowest BCUT2D eigenvalue weighted by atomic mass is 10.0. The van der Waals surface area contributed by atoms with E-state index in [-0.39, 0.29) is 10.8 Å². The molecule has 1 saturated heterocycles. The summed E-state index contributed by atoms with van der Waals surface area (Å²) in [6.07, 6.45) is 1.78. The third-order valence-electron chi connectivity index (χ3n) is 2.41. The topological polar surface area (TPSA) is 70.8 Å². The van der Waals surface area contributed by atoms with Gasteiger partial charge >= 0.3 is 5.97 Å². The average Bonchev–Trinajstić information content (AvgIpc) is 2.47. The van der Waals surface area contributed by atoms with Gasteiger partial charge in [0.05, 0.1) is 11.8 Å². The molecule has 1 aromatic rings. The van der Waals surface area contributed by atoms with Crippen LogP contribution in [-0.4, -0.2) is 34.5 Å². The van der Waals surface area contributed by atoms with Crippen LogP contribution in [0, 0.1) is 0 Å². The normalized spacial score (nSPS) is 19.8. The van der Waals surface area contributed by atoms with E-state index >= 15 is 0 Å². The molecule has 1 fully saturated rings. The van der Waals surface area contributed by atoms with Gasteiger partial charge in [0.15, 0.2) is 0 Å². The van der Waals surface area contributed by atoms with E-state index in [0.717, 1.165) is 0 Å². The van der Waals surface area contributed by atoms with Crippen molar-refractivity contribution >= 4 is 23.5 Å². The predicted molar refractivity (Wildman–Crippen MR) is 50.8 cm³/mol. The largest absolute Gasteiger partial charge is 0.480 e.